The Labute approximate surface area is 112 Å². The monoisotopic (exact) mass is 300 g/mol. The maximum absolute atomic E-state index is 4.87. The van der Waals surface area contributed by atoms with Crippen molar-refractivity contribution in [2.75, 3.05) is 0 Å². The van der Waals surface area contributed by atoms with E-state index in [0.29, 0.717) is 11.6 Å². The fourth-order valence-corrected chi connectivity index (χ4v) is 21.0. The van der Waals surface area contributed by atoms with E-state index >= 15 is 0 Å². The summed E-state index contributed by atoms with van der Waals surface area (Å²) < 4.78 is 1.17. The lowest BCUT2D eigenvalue weighted by molar-refractivity contribution is 0.700. The van der Waals surface area contributed by atoms with Crippen LogP contribution in [0.4, 0.5) is 0 Å². The minimum Gasteiger partial charge on any atom is -0.140 e. The molecule has 80 valence electrons. The van der Waals surface area contributed by atoms with Gasteiger partial charge in [-0.25, -0.2) is 0 Å². The average Bonchev–Trinajstić information content (AvgIpc) is 1.67. The molecule has 0 aromatic carbocycles. The molecule has 0 saturated carbocycles. The predicted octanol–water partition coefficient (Wildman–Crippen LogP) is 4.73. The first-order valence-corrected chi connectivity index (χ1v) is 9.00. The van der Waals surface area contributed by atoms with Gasteiger partial charge in [-0.05, 0) is 27.2 Å². The second-order valence-electron chi connectivity index (χ2n) is 4.34. The Morgan fingerprint density at radius 3 is 1.71 bits per heavy atom. The van der Waals surface area contributed by atoms with Gasteiger partial charge in [-0.3, -0.25) is 0 Å². The number of hydrogen-bond donors (Lipinski definition) is 1. The fraction of sp³-hybridized carbons (Fsp3) is 1.00. The van der Waals surface area contributed by atoms with Gasteiger partial charge in [0.25, 0.3) is 0 Å². The third kappa shape index (κ3) is 1.67. The van der Waals surface area contributed by atoms with Crippen molar-refractivity contribution in [2.45, 2.75) is 41.5 Å². The first kappa shape index (κ1) is 11.2. The van der Waals surface area contributed by atoms with Gasteiger partial charge in [0.15, 0.2) is 2.74 Å². The molecular weight excluding hydrogens is 288 g/mol. The molecule has 4 atom stereocenters. The summed E-state index contributed by atoms with van der Waals surface area (Å²) >= 11 is 15.3. The predicted molar refractivity (Wildman–Crippen MR) is 79.5 cm³/mol. The lowest BCUT2D eigenvalue weighted by Gasteiger charge is -2.64. The van der Waals surface area contributed by atoms with E-state index in [4.69, 9.17) is 12.6 Å². The second kappa shape index (κ2) is 2.91. The summed E-state index contributed by atoms with van der Waals surface area (Å²) in [5.41, 5.74) is 0. The zero-order valence-electron chi connectivity index (χ0n) is 8.20. The van der Waals surface area contributed by atoms with E-state index in [1.54, 1.807) is 0 Å². The molecule has 4 fully saturated rings. The van der Waals surface area contributed by atoms with Crippen molar-refractivity contribution >= 4 is 71.4 Å². The summed E-state index contributed by atoms with van der Waals surface area (Å²) in [5.74, 6) is 0. The Balaban J connectivity index is 2.08. The minimum atomic E-state index is 0.0903. The van der Waals surface area contributed by atoms with Crippen LogP contribution in [0.1, 0.15) is 27.2 Å². The van der Waals surface area contributed by atoms with Crippen LogP contribution in [-0.4, -0.2) is 14.3 Å². The molecule has 0 aliphatic carbocycles. The quantitative estimate of drug-likeness (QED) is 0.640. The molecule has 4 aliphatic heterocycles. The van der Waals surface area contributed by atoms with E-state index < -0.39 is 0 Å². The zero-order chi connectivity index (χ0) is 10.2. The molecule has 4 saturated heterocycles. The SMILES string of the molecule is CC12SC3(S)S[C@@](C)(C[C@](C)(S1)S3)S2. The highest BCUT2D eigenvalue weighted by Crippen LogP contribution is 2.85. The van der Waals surface area contributed by atoms with Gasteiger partial charge in [-0.15, -0.1) is 59.7 Å². The number of rotatable bonds is 0. The molecule has 0 aromatic heterocycles. The first-order valence-electron chi connectivity index (χ1n) is 4.47. The lowest BCUT2D eigenvalue weighted by atomic mass is 10.2. The second-order valence-corrected chi connectivity index (χ2v) is 16.9. The molecule has 2 unspecified atom stereocenters. The van der Waals surface area contributed by atoms with Crippen molar-refractivity contribution in [2.24, 2.45) is 0 Å². The van der Waals surface area contributed by atoms with E-state index in [0.717, 1.165) is 0 Å². The standard InChI is InChI=1S/C8H12S6/c1-5-4-6(2)11-7(3,10-5)14-8(9,12-5)13-6/h9H,4H2,1-3H3/t5-,6+,7?,8?. The van der Waals surface area contributed by atoms with Gasteiger partial charge in [0.05, 0.1) is 8.16 Å². The summed E-state index contributed by atoms with van der Waals surface area (Å²) in [6.45, 7) is 7.15. The molecule has 0 aromatic rings. The molecular formula is C8H12S6. The Bertz CT molecular complexity index is 207. The third-order valence-corrected chi connectivity index (χ3v) is 11.5. The van der Waals surface area contributed by atoms with E-state index in [2.05, 4.69) is 44.3 Å². The Hall–Kier alpha value is 2.10. The van der Waals surface area contributed by atoms with Crippen LogP contribution in [0.25, 0.3) is 0 Å². The van der Waals surface area contributed by atoms with Gasteiger partial charge in [0, 0.05) is 0 Å². The lowest BCUT2D eigenvalue weighted by Crippen LogP contribution is -2.52. The number of thioether (sulfide) groups is 5. The van der Waals surface area contributed by atoms with E-state index in [9.17, 15) is 0 Å². The molecule has 6 heteroatoms. The maximum Gasteiger partial charge on any atom is 0.155 e. The van der Waals surface area contributed by atoms with Gasteiger partial charge in [-0.2, -0.15) is 0 Å². The van der Waals surface area contributed by atoms with Crippen LogP contribution in [0.3, 0.4) is 0 Å². The van der Waals surface area contributed by atoms with Crippen LogP contribution in [0.5, 0.6) is 0 Å². The summed E-state index contributed by atoms with van der Waals surface area (Å²) in [5, 5.41) is 0. The molecule has 0 nitrogen and oxygen atoms in total. The van der Waals surface area contributed by atoms with Gasteiger partial charge >= 0.3 is 0 Å². The molecule has 4 aliphatic rings. The van der Waals surface area contributed by atoms with E-state index in [1.165, 1.54) is 6.42 Å². The van der Waals surface area contributed by atoms with Crippen molar-refractivity contribution in [3.05, 3.63) is 0 Å². The highest BCUT2D eigenvalue weighted by molar-refractivity contribution is 8.59. The van der Waals surface area contributed by atoms with Crippen LogP contribution in [0.2, 0.25) is 0 Å². The van der Waals surface area contributed by atoms with E-state index in [-0.39, 0.29) is 2.74 Å². The smallest absolute Gasteiger partial charge is 0.140 e. The van der Waals surface area contributed by atoms with Crippen molar-refractivity contribution in [1.82, 2.24) is 0 Å². The number of thiol groups is 1. The summed E-state index contributed by atoms with van der Waals surface area (Å²) in [7, 11) is 0. The van der Waals surface area contributed by atoms with Crippen molar-refractivity contribution in [1.29, 1.82) is 0 Å². The molecule has 0 spiro atoms. The molecule has 14 heavy (non-hydrogen) atoms. The van der Waals surface area contributed by atoms with Gasteiger partial charge < -0.3 is 0 Å². The highest BCUT2D eigenvalue weighted by atomic mass is 32.4. The van der Waals surface area contributed by atoms with Crippen LogP contribution in [0, 0.1) is 0 Å². The third-order valence-electron chi connectivity index (χ3n) is 2.45. The maximum atomic E-state index is 4.87. The average molecular weight is 301 g/mol. The molecule has 0 amide bonds. The van der Waals surface area contributed by atoms with Crippen LogP contribution in [0.15, 0.2) is 0 Å². The number of hydrogen-bond acceptors (Lipinski definition) is 6. The van der Waals surface area contributed by atoms with Gasteiger partial charge in [0.1, 0.15) is 3.41 Å². The van der Waals surface area contributed by atoms with Gasteiger partial charge in [0.2, 0.25) is 0 Å². The fourth-order valence-electron chi connectivity index (χ4n) is 2.46. The van der Waals surface area contributed by atoms with E-state index in [1.807, 2.05) is 35.3 Å². The normalized spacial score (nSPS) is 66.0. The summed E-state index contributed by atoms with van der Waals surface area (Å²) in [6, 6.07) is 0. The first-order chi connectivity index (χ1) is 6.24. The molecule has 4 bridgehead atoms. The highest BCUT2D eigenvalue weighted by Gasteiger charge is 2.66. The molecule has 0 N–H and O–H groups in total. The van der Waals surface area contributed by atoms with Crippen molar-refractivity contribution in [3.8, 4) is 0 Å². The Morgan fingerprint density at radius 2 is 1.36 bits per heavy atom. The Kier molecular flexibility index (Phi) is 2.33. The van der Waals surface area contributed by atoms with Crippen LogP contribution >= 0.6 is 71.4 Å². The largest absolute Gasteiger partial charge is 0.155 e. The molecule has 0 radical (unpaired) electrons. The molecule has 4 heterocycles. The van der Waals surface area contributed by atoms with Gasteiger partial charge in [-0.1, -0.05) is 11.8 Å². The van der Waals surface area contributed by atoms with Crippen LogP contribution in [-0.2, 0) is 0 Å². The van der Waals surface area contributed by atoms with Crippen molar-refractivity contribution in [3.63, 3.8) is 0 Å². The van der Waals surface area contributed by atoms with Crippen LogP contribution < -0.4 is 0 Å². The summed E-state index contributed by atoms with van der Waals surface area (Å²) in [6.07, 6.45) is 1.29. The Morgan fingerprint density at radius 1 is 0.857 bits per heavy atom. The minimum absolute atomic E-state index is 0.0903. The molecule has 4 rings (SSSR count). The topological polar surface area (TPSA) is 0 Å². The zero-order valence-corrected chi connectivity index (χ0v) is 13.2. The summed E-state index contributed by atoms with van der Waals surface area (Å²) in [4.78, 5) is 0. The van der Waals surface area contributed by atoms with Crippen molar-refractivity contribution < 1.29 is 0 Å².